The molecule has 0 bridgehead atoms. The highest BCUT2D eigenvalue weighted by molar-refractivity contribution is 7.89. The average molecular weight is 397 g/mol. The molecule has 2 aromatic carbocycles. The van der Waals surface area contributed by atoms with Gasteiger partial charge in [0.1, 0.15) is 10.5 Å². The molecule has 0 atom stereocenters. The Morgan fingerprint density at radius 2 is 1.36 bits per heavy atom. The molecule has 146 valence electrons. The van der Waals surface area contributed by atoms with Crippen LogP contribution < -0.4 is 4.72 Å². The quantitative estimate of drug-likeness (QED) is 0.692. The number of aliphatic hydroxyl groups is 1. The number of nitrogens with one attached hydrogen (secondary N) is 1. The summed E-state index contributed by atoms with van der Waals surface area (Å²) in [6.07, 6.45) is 2.77. The summed E-state index contributed by atoms with van der Waals surface area (Å²) in [5.41, 5.74) is -0.951. The van der Waals surface area contributed by atoms with Crippen LogP contribution in [0.1, 0.15) is 37.5 Å². The third kappa shape index (κ3) is 3.99. The number of pyridine rings is 1. The zero-order valence-electron chi connectivity index (χ0n) is 16.1. The summed E-state index contributed by atoms with van der Waals surface area (Å²) >= 11 is 0. The normalized spacial score (nSPS) is 12.7. The van der Waals surface area contributed by atoms with Gasteiger partial charge in [-0.05, 0) is 38.0 Å². The zero-order chi connectivity index (χ0) is 20.4. The smallest absolute Gasteiger partial charge is 0.242 e. The van der Waals surface area contributed by atoms with Crippen LogP contribution in [0.3, 0.4) is 0 Å². The average Bonchev–Trinajstić information content (AvgIpc) is 2.67. The van der Waals surface area contributed by atoms with Gasteiger partial charge in [-0.15, -0.1) is 0 Å². The molecular formula is C22H24N2O3S. The van der Waals surface area contributed by atoms with Crippen LogP contribution in [0.4, 0.5) is 0 Å². The molecule has 2 N–H and O–H groups in total. The largest absolute Gasteiger partial charge is 0.376 e. The van der Waals surface area contributed by atoms with E-state index < -0.39 is 21.2 Å². The Kier molecular flexibility index (Phi) is 5.39. The van der Waals surface area contributed by atoms with Gasteiger partial charge < -0.3 is 5.11 Å². The van der Waals surface area contributed by atoms with E-state index in [4.69, 9.17) is 0 Å². The molecule has 0 fully saturated rings. The Morgan fingerprint density at radius 1 is 0.857 bits per heavy atom. The van der Waals surface area contributed by atoms with Crippen molar-refractivity contribution in [2.45, 2.75) is 36.8 Å². The van der Waals surface area contributed by atoms with Crippen molar-refractivity contribution >= 4 is 10.0 Å². The van der Waals surface area contributed by atoms with Gasteiger partial charge in [0.25, 0.3) is 0 Å². The van der Waals surface area contributed by atoms with Crippen molar-refractivity contribution in [1.29, 1.82) is 0 Å². The number of rotatable bonds is 5. The van der Waals surface area contributed by atoms with Crippen molar-refractivity contribution in [3.8, 4) is 0 Å². The fourth-order valence-corrected chi connectivity index (χ4v) is 4.81. The predicted octanol–water partition coefficient (Wildman–Crippen LogP) is 3.44. The summed E-state index contributed by atoms with van der Waals surface area (Å²) in [4.78, 5) is 3.96. The van der Waals surface area contributed by atoms with Gasteiger partial charge in [0.2, 0.25) is 10.0 Å². The molecule has 0 saturated heterocycles. The molecular weight excluding hydrogens is 372 g/mol. The molecule has 0 unspecified atom stereocenters. The van der Waals surface area contributed by atoms with Crippen LogP contribution in [0.25, 0.3) is 0 Å². The maximum atomic E-state index is 13.1. The van der Waals surface area contributed by atoms with E-state index in [0.29, 0.717) is 11.1 Å². The Balaban J connectivity index is 2.30. The number of aromatic nitrogens is 1. The highest BCUT2D eigenvalue weighted by Gasteiger charge is 2.39. The van der Waals surface area contributed by atoms with Crippen LogP contribution in [-0.4, -0.2) is 24.0 Å². The maximum absolute atomic E-state index is 13.1. The monoisotopic (exact) mass is 396 g/mol. The molecule has 0 aliphatic rings. The predicted molar refractivity (Wildman–Crippen MR) is 109 cm³/mol. The molecule has 1 aromatic heterocycles. The van der Waals surface area contributed by atoms with Crippen molar-refractivity contribution < 1.29 is 13.5 Å². The molecule has 5 nitrogen and oxygen atoms in total. The second-order valence-corrected chi connectivity index (χ2v) is 9.32. The number of sulfonamides is 1. The SMILES string of the molecule is CC(C)(C)NS(=O)(=O)c1cnccc1C(O)(c1ccccc1)c1ccccc1. The molecule has 0 radical (unpaired) electrons. The van der Waals surface area contributed by atoms with Crippen LogP contribution in [0, 0.1) is 0 Å². The van der Waals surface area contributed by atoms with Crippen molar-refractivity contribution in [1.82, 2.24) is 9.71 Å². The fourth-order valence-electron chi connectivity index (χ4n) is 3.19. The molecule has 0 saturated carbocycles. The summed E-state index contributed by atoms with van der Waals surface area (Å²) in [7, 11) is -3.92. The molecule has 3 aromatic rings. The first-order valence-corrected chi connectivity index (χ1v) is 10.4. The summed E-state index contributed by atoms with van der Waals surface area (Å²) < 4.78 is 28.9. The molecule has 6 heteroatoms. The Morgan fingerprint density at radius 3 is 1.82 bits per heavy atom. The topological polar surface area (TPSA) is 79.3 Å². The third-order valence-corrected chi connectivity index (χ3v) is 6.07. The van der Waals surface area contributed by atoms with Gasteiger partial charge in [-0.1, -0.05) is 60.7 Å². The lowest BCUT2D eigenvalue weighted by atomic mass is 9.81. The highest BCUT2D eigenvalue weighted by atomic mass is 32.2. The highest BCUT2D eigenvalue weighted by Crippen LogP contribution is 2.39. The van der Waals surface area contributed by atoms with Crippen LogP contribution in [0.2, 0.25) is 0 Å². The Bertz CT molecular complexity index is 1000. The van der Waals surface area contributed by atoms with Gasteiger partial charge in [-0.25, -0.2) is 13.1 Å². The minimum atomic E-state index is -3.92. The van der Waals surface area contributed by atoms with Gasteiger partial charge in [0.15, 0.2) is 0 Å². The van der Waals surface area contributed by atoms with Crippen molar-refractivity contribution in [3.63, 3.8) is 0 Å². The molecule has 3 rings (SSSR count). The number of benzene rings is 2. The zero-order valence-corrected chi connectivity index (χ0v) is 16.9. The van der Waals surface area contributed by atoms with E-state index in [9.17, 15) is 13.5 Å². The van der Waals surface area contributed by atoms with E-state index >= 15 is 0 Å². The molecule has 0 spiro atoms. The first-order valence-electron chi connectivity index (χ1n) is 8.96. The first kappa shape index (κ1) is 20.2. The summed E-state index contributed by atoms with van der Waals surface area (Å²) in [6.45, 7) is 5.30. The summed E-state index contributed by atoms with van der Waals surface area (Å²) in [6, 6.07) is 19.6. The van der Waals surface area contributed by atoms with Crippen LogP contribution in [-0.2, 0) is 15.6 Å². The van der Waals surface area contributed by atoms with E-state index in [1.54, 1.807) is 51.1 Å². The Labute approximate surface area is 166 Å². The maximum Gasteiger partial charge on any atom is 0.242 e. The van der Waals surface area contributed by atoms with E-state index in [0.717, 1.165) is 0 Å². The van der Waals surface area contributed by atoms with Crippen LogP contribution in [0.15, 0.2) is 84.0 Å². The van der Waals surface area contributed by atoms with Crippen molar-refractivity contribution in [2.75, 3.05) is 0 Å². The van der Waals surface area contributed by atoms with Gasteiger partial charge in [0.05, 0.1) is 0 Å². The lowest BCUT2D eigenvalue weighted by Crippen LogP contribution is -2.42. The van der Waals surface area contributed by atoms with Gasteiger partial charge in [0, 0.05) is 23.5 Å². The number of nitrogens with zero attached hydrogens (tertiary/aromatic N) is 1. The molecule has 1 heterocycles. The number of hydrogen-bond donors (Lipinski definition) is 2. The molecule has 28 heavy (non-hydrogen) atoms. The standard InChI is InChI=1S/C22H24N2O3S/c1-21(2,3)24-28(26,27)20-16-23-15-14-19(20)22(25,17-10-6-4-7-11-17)18-12-8-5-9-13-18/h4-16,24-25H,1-3H3. The number of hydrogen-bond acceptors (Lipinski definition) is 4. The summed E-state index contributed by atoms with van der Waals surface area (Å²) in [5, 5.41) is 11.9. The first-order chi connectivity index (χ1) is 13.1. The Hall–Kier alpha value is -2.54. The van der Waals surface area contributed by atoms with Gasteiger partial charge in [-0.2, -0.15) is 0 Å². The van der Waals surface area contributed by atoms with E-state index in [-0.39, 0.29) is 10.5 Å². The van der Waals surface area contributed by atoms with Crippen molar-refractivity contribution in [3.05, 3.63) is 95.8 Å². The second kappa shape index (κ2) is 7.47. The van der Waals surface area contributed by atoms with E-state index in [1.165, 1.54) is 12.4 Å². The second-order valence-electron chi connectivity index (χ2n) is 7.67. The van der Waals surface area contributed by atoms with Crippen LogP contribution >= 0.6 is 0 Å². The van der Waals surface area contributed by atoms with E-state index in [2.05, 4.69) is 9.71 Å². The third-order valence-electron chi connectivity index (χ3n) is 4.29. The molecule has 0 aliphatic heterocycles. The minimum Gasteiger partial charge on any atom is -0.376 e. The van der Waals surface area contributed by atoms with Gasteiger partial charge in [-0.3, -0.25) is 4.98 Å². The summed E-state index contributed by atoms with van der Waals surface area (Å²) in [5.74, 6) is 0. The molecule has 0 aliphatic carbocycles. The van der Waals surface area contributed by atoms with E-state index in [1.807, 2.05) is 36.4 Å². The van der Waals surface area contributed by atoms with Gasteiger partial charge >= 0.3 is 0 Å². The fraction of sp³-hybridized carbons (Fsp3) is 0.227. The lowest BCUT2D eigenvalue weighted by Gasteiger charge is -2.32. The minimum absolute atomic E-state index is 0.0554. The molecule has 0 amide bonds. The van der Waals surface area contributed by atoms with Crippen molar-refractivity contribution in [2.24, 2.45) is 0 Å². The van der Waals surface area contributed by atoms with Crippen LogP contribution in [0.5, 0.6) is 0 Å². The lowest BCUT2D eigenvalue weighted by molar-refractivity contribution is 0.122.